The highest BCUT2D eigenvalue weighted by Crippen LogP contribution is 2.26. The summed E-state index contributed by atoms with van der Waals surface area (Å²) in [6.07, 6.45) is 0. The third kappa shape index (κ3) is 5.62. The van der Waals surface area contributed by atoms with Gasteiger partial charge >= 0.3 is 6.03 Å². The van der Waals surface area contributed by atoms with Crippen molar-refractivity contribution < 1.29 is 17.9 Å². The average Bonchev–Trinajstić information content (AvgIpc) is 3.34. The van der Waals surface area contributed by atoms with Crippen LogP contribution in [0.15, 0.2) is 70.9 Å². The molecule has 0 radical (unpaired) electrons. The minimum Gasteiger partial charge on any atom is -0.379 e. The molecule has 2 amide bonds. The summed E-state index contributed by atoms with van der Waals surface area (Å²) < 4.78 is 32.5. The van der Waals surface area contributed by atoms with Gasteiger partial charge in [0.05, 0.1) is 19.8 Å². The number of morpholine rings is 1. The predicted molar refractivity (Wildman–Crippen MR) is 129 cm³/mol. The molecule has 0 saturated carbocycles. The molecule has 0 atom stereocenters. The summed E-state index contributed by atoms with van der Waals surface area (Å²) in [6, 6.07) is 21.3. The molecular formula is C24H27N3O4S2. The maximum Gasteiger partial charge on any atom is 0.317 e. The van der Waals surface area contributed by atoms with Gasteiger partial charge in [0.2, 0.25) is 0 Å². The van der Waals surface area contributed by atoms with Crippen molar-refractivity contribution in [2.75, 3.05) is 33.4 Å². The predicted octanol–water partition coefficient (Wildman–Crippen LogP) is 3.78. The molecule has 1 fully saturated rings. The standard InChI is InChI=1S/C24H27N3O4S2/c1-26(18-20-9-5-6-10-22(20)19-7-3-2-4-8-19)24(28)25-17-21-11-12-23(32-21)33(29,30)27-13-15-31-16-14-27/h2-12H,13-18H2,1H3,(H,25,28). The van der Waals surface area contributed by atoms with Crippen LogP contribution in [-0.2, 0) is 27.8 Å². The number of ether oxygens (including phenoxy) is 1. The summed E-state index contributed by atoms with van der Waals surface area (Å²) in [5.41, 5.74) is 3.25. The fraction of sp³-hybridized carbons (Fsp3) is 0.292. The zero-order valence-corrected chi connectivity index (χ0v) is 20.1. The molecule has 1 aliphatic rings. The number of nitrogens with zero attached hydrogens (tertiary/aromatic N) is 2. The summed E-state index contributed by atoms with van der Waals surface area (Å²) >= 11 is 1.19. The van der Waals surface area contributed by atoms with Crippen molar-refractivity contribution in [3.05, 3.63) is 77.2 Å². The van der Waals surface area contributed by atoms with Gasteiger partial charge in [-0.25, -0.2) is 13.2 Å². The Labute approximate surface area is 198 Å². The van der Waals surface area contributed by atoms with Crippen molar-refractivity contribution in [2.45, 2.75) is 17.3 Å². The quantitative estimate of drug-likeness (QED) is 0.553. The molecule has 174 valence electrons. The molecule has 1 aliphatic heterocycles. The van der Waals surface area contributed by atoms with Crippen LogP contribution in [-0.4, -0.2) is 57.0 Å². The van der Waals surface area contributed by atoms with Crippen LogP contribution in [0.5, 0.6) is 0 Å². The number of amides is 2. The van der Waals surface area contributed by atoms with Crippen LogP contribution in [0.4, 0.5) is 4.79 Å². The Morgan fingerprint density at radius 2 is 1.73 bits per heavy atom. The van der Waals surface area contributed by atoms with E-state index in [4.69, 9.17) is 4.74 Å². The van der Waals surface area contributed by atoms with Crippen molar-refractivity contribution in [1.82, 2.24) is 14.5 Å². The summed E-state index contributed by atoms with van der Waals surface area (Å²) in [5.74, 6) is 0. The molecule has 1 aromatic heterocycles. The highest BCUT2D eigenvalue weighted by atomic mass is 32.2. The van der Waals surface area contributed by atoms with E-state index in [0.717, 1.165) is 21.6 Å². The Balaban J connectivity index is 1.36. The molecule has 33 heavy (non-hydrogen) atoms. The van der Waals surface area contributed by atoms with Crippen molar-refractivity contribution in [3.63, 3.8) is 0 Å². The molecule has 0 spiro atoms. The van der Waals surface area contributed by atoms with Crippen LogP contribution in [0.25, 0.3) is 11.1 Å². The van der Waals surface area contributed by atoms with Crippen LogP contribution in [0.1, 0.15) is 10.4 Å². The maximum atomic E-state index is 12.8. The summed E-state index contributed by atoms with van der Waals surface area (Å²) in [7, 11) is -1.77. The zero-order chi connectivity index (χ0) is 23.3. The molecular weight excluding hydrogens is 458 g/mol. The monoisotopic (exact) mass is 485 g/mol. The number of carbonyl (C=O) groups excluding carboxylic acids is 1. The molecule has 1 N–H and O–H groups in total. The Morgan fingerprint density at radius 3 is 2.48 bits per heavy atom. The lowest BCUT2D eigenvalue weighted by atomic mass is 9.99. The highest BCUT2D eigenvalue weighted by Gasteiger charge is 2.27. The lowest BCUT2D eigenvalue weighted by molar-refractivity contribution is 0.0731. The summed E-state index contributed by atoms with van der Waals surface area (Å²) in [6.45, 7) is 2.27. The smallest absolute Gasteiger partial charge is 0.317 e. The van der Waals surface area contributed by atoms with E-state index in [1.165, 1.54) is 15.6 Å². The zero-order valence-electron chi connectivity index (χ0n) is 18.4. The largest absolute Gasteiger partial charge is 0.379 e. The van der Waals surface area contributed by atoms with Crippen molar-refractivity contribution in [3.8, 4) is 11.1 Å². The Bertz CT molecular complexity index is 1190. The van der Waals surface area contributed by atoms with E-state index in [9.17, 15) is 13.2 Å². The summed E-state index contributed by atoms with van der Waals surface area (Å²) in [5, 5.41) is 2.89. The average molecular weight is 486 g/mol. The topological polar surface area (TPSA) is 79.0 Å². The van der Waals surface area contributed by atoms with Crippen LogP contribution in [0.2, 0.25) is 0 Å². The number of benzene rings is 2. The van der Waals surface area contributed by atoms with E-state index in [-0.39, 0.29) is 12.6 Å². The molecule has 1 saturated heterocycles. The van der Waals surface area contributed by atoms with Gasteiger partial charge in [0.15, 0.2) is 0 Å². The van der Waals surface area contributed by atoms with E-state index >= 15 is 0 Å². The fourth-order valence-electron chi connectivity index (χ4n) is 3.69. The van der Waals surface area contributed by atoms with E-state index in [1.807, 2.05) is 36.4 Å². The van der Waals surface area contributed by atoms with E-state index < -0.39 is 10.0 Å². The molecule has 2 heterocycles. The number of urea groups is 1. The van der Waals surface area contributed by atoms with Gasteiger partial charge in [-0.15, -0.1) is 11.3 Å². The van der Waals surface area contributed by atoms with Gasteiger partial charge in [-0.05, 0) is 28.8 Å². The minimum atomic E-state index is -3.52. The number of thiophene rings is 1. The van der Waals surface area contributed by atoms with Gasteiger partial charge in [-0.1, -0.05) is 54.6 Å². The molecule has 2 aromatic carbocycles. The fourth-order valence-corrected chi connectivity index (χ4v) is 6.55. The van der Waals surface area contributed by atoms with Gasteiger partial charge in [0.25, 0.3) is 10.0 Å². The number of sulfonamides is 1. The molecule has 3 aromatic rings. The number of nitrogens with one attached hydrogen (secondary N) is 1. The second-order valence-corrected chi connectivity index (χ2v) is 11.1. The van der Waals surface area contributed by atoms with Crippen molar-refractivity contribution in [1.29, 1.82) is 0 Å². The Hall–Kier alpha value is -2.72. The SMILES string of the molecule is CN(Cc1ccccc1-c1ccccc1)C(=O)NCc1ccc(S(=O)(=O)N2CCOCC2)s1. The van der Waals surface area contributed by atoms with E-state index in [0.29, 0.717) is 37.1 Å². The highest BCUT2D eigenvalue weighted by molar-refractivity contribution is 7.91. The van der Waals surface area contributed by atoms with Gasteiger partial charge in [-0.3, -0.25) is 0 Å². The molecule has 0 unspecified atom stereocenters. The van der Waals surface area contributed by atoms with Gasteiger partial charge in [-0.2, -0.15) is 4.31 Å². The van der Waals surface area contributed by atoms with Crippen LogP contribution >= 0.6 is 11.3 Å². The molecule has 7 nitrogen and oxygen atoms in total. The van der Waals surface area contributed by atoms with Gasteiger partial charge < -0.3 is 15.0 Å². The number of carbonyl (C=O) groups is 1. The van der Waals surface area contributed by atoms with E-state index in [2.05, 4.69) is 23.5 Å². The first-order valence-electron chi connectivity index (χ1n) is 10.7. The first-order chi connectivity index (χ1) is 15.9. The van der Waals surface area contributed by atoms with Crippen molar-refractivity contribution in [2.24, 2.45) is 0 Å². The summed E-state index contributed by atoms with van der Waals surface area (Å²) in [4.78, 5) is 15.1. The van der Waals surface area contributed by atoms with Gasteiger partial charge in [0.1, 0.15) is 4.21 Å². The molecule has 0 bridgehead atoms. The van der Waals surface area contributed by atoms with Crippen molar-refractivity contribution >= 4 is 27.4 Å². The Morgan fingerprint density at radius 1 is 1.03 bits per heavy atom. The second kappa shape index (κ2) is 10.5. The van der Waals surface area contributed by atoms with Gasteiger partial charge in [0, 0.05) is 31.6 Å². The lowest BCUT2D eigenvalue weighted by Gasteiger charge is -2.25. The normalized spacial score (nSPS) is 14.7. The molecule has 9 heteroatoms. The number of hydrogen-bond acceptors (Lipinski definition) is 5. The first-order valence-corrected chi connectivity index (χ1v) is 13.0. The van der Waals surface area contributed by atoms with Crippen LogP contribution in [0.3, 0.4) is 0 Å². The minimum absolute atomic E-state index is 0.219. The second-order valence-electron chi connectivity index (χ2n) is 7.78. The van der Waals surface area contributed by atoms with Crippen LogP contribution in [0, 0.1) is 0 Å². The first kappa shape index (κ1) is 23.4. The third-order valence-corrected chi connectivity index (χ3v) is 8.92. The Kier molecular flexibility index (Phi) is 7.44. The maximum absolute atomic E-state index is 12.8. The molecule has 4 rings (SSSR count). The lowest BCUT2D eigenvalue weighted by Crippen LogP contribution is -2.40. The van der Waals surface area contributed by atoms with E-state index in [1.54, 1.807) is 24.1 Å². The molecule has 0 aliphatic carbocycles. The third-order valence-electron chi connectivity index (χ3n) is 5.47. The van der Waals surface area contributed by atoms with Crippen LogP contribution < -0.4 is 5.32 Å². The number of rotatable bonds is 7. The number of hydrogen-bond donors (Lipinski definition) is 1.